The van der Waals surface area contributed by atoms with E-state index in [2.05, 4.69) is 20.9 Å². The van der Waals surface area contributed by atoms with E-state index in [4.69, 9.17) is 4.74 Å². The van der Waals surface area contributed by atoms with Gasteiger partial charge in [-0.15, -0.1) is 0 Å². The van der Waals surface area contributed by atoms with E-state index in [-0.39, 0.29) is 0 Å². The predicted octanol–water partition coefficient (Wildman–Crippen LogP) is 4.73. The van der Waals surface area contributed by atoms with Crippen LogP contribution < -0.4 is 4.74 Å². The van der Waals surface area contributed by atoms with Crippen molar-refractivity contribution in [3.05, 3.63) is 83.0 Å². The first-order valence-electron chi connectivity index (χ1n) is 6.72. The van der Waals surface area contributed by atoms with Crippen LogP contribution in [-0.4, -0.2) is 11.0 Å². The van der Waals surface area contributed by atoms with Crippen LogP contribution in [0.4, 0.5) is 0 Å². The number of benzene rings is 2. The molecular formula is C18H12BrNO2. The number of rotatable bonds is 3. The van der Waals surface area contributed by atoms with E-state index >= 15 is 0 Å². The number of carbonyl (C=O) groups excluding carboxylic acids is 1. The van der Waals surface area contributed by atoms with Crippen molar-refractivity contribution in [2.75, 3.05) is 0 Å². The van der Waals surface area contributed by atoms with E-state index in [1.807, 2.05) is 36.4 Å². The summed E-state index contributed by atoms with van der Waals surface area (Å²) in [6.45, 7) is 0. The highest BCUT2D eigenvalue weighted by Gasteiger charge is 2.13. The normalized spacial score (nSPS) is 10.2. The van der Waals surface area contributed by atoms with Gasteiger partial charge in [-0.1, -0.05) is 40.2 Å². The maximum Gasteiger partial charge on any atom is 0.343 e. The molecule has 0 saturated heterocycles. The summed E-state index contributed by atoms with van der Waals surface area (Å²) in [4.78, 5) is 16.6. The van der Waals surface area contributed by atoms with Gasteiger partial charge in [0, 0.05) is 16.2 Å². The van der Waals surface area contributed by atoms with Gasteiger partial charge >= 0.3 is 5.97 Å². The van der Waals surface area contributed by atoms with Gasteiger partial charge in [-0.05, 0) is 42.5 Å². The van der Waals surface area contributed by atoms with Crippen molar-refractivity contribution in [3.63, 3.8) is 0 Å². The Morgan fingerprint density at radius 2 is 1.73 bits per heavy atom. The average molecular weight is 354 g/mol. The quantitative estimate of drug-likeness (QED) is 0.504. The second kappa shape index (κ2) is 6.54. The van der Waals surface area contributed by atoms with Gasteiger partial charge < -0.3 is 4.74 Å². The van der Waals surface area contributed by atoms with E-state index in [1.54, 1.807) is 36.5 Å². The van der Waals surface area contributed by atoms with E-state index in [1.165, 1.54) is 0 Å². The molecule has 2 aromatic carbocycles. The van der Waals surface area contributed by atoms with Crippen molar-refractivity contribution < 1.29 is 9.53 Å². The topological polar surface area (TPSA) is 39.2 Å². The summed E-state index contributed by atoms with van der Waals surface area (Å²) < 4.78 is 6.39. The molecule has 3 rings (SSSR count). The number of hydrogen-bond acceptors (Lipinski definition) is 3. The fraction of sp³-hybridized carbons (Fsp3) is 0. The molecule has 0 radical (unpaired) electrons. The van der Waals surface area contributed by atoms with Crippen LogP contribution in [-0.2, 0) is 0 Å². The van der Waals surface area contributed by atoms with Crippen LogP contribution in [0.5, 0.6) is 5.75 Å². The Balaban J connectivity index is 1.97. The number of hydrogen-bond donors (Lipinski definition) is 0. The molecule has 4 heteroatoms. The fourth-order valence-corrected chi connectivity index (χ4v) is 2.39. The summed E-state index contributed by atoms with van der Waals surface area (Å²) in [5.41, 5.74) is 2.04. The third kappa shape index (κ3) is 3.23. The molecule has 0 N–H and O–H groups in total. The molecule has 0 amide bonds. The van der Waals surface area contributed by atoms with E-state index < -0.39 is 5.97 Å². The molecule has 22 heavy (non-hydrogen) atoms. The minimum Gasteiger partial charge on any atom is -0.422 e. The van der Waals surface area contributed by atoms with Gasteiger partial charge in [-0.25, -0.2) is 4.79 Å². The molecule has 0 unspecified atom stereocenters. The Hall–Kier alpha value is -2.46. The largest absolute Gasteiger partial charge is 0.422 e. The van der Waals surface area contributed by atoms with Crippen LogP contribution in [0.2, 0.25) is 0 Å². The van der Waals surface area contributed by atoms with Crippen molar-refractivity contribution >= 4 is 21.9 Å². The lowest BCUT2D eigenvalue weighted by Gasteiger charge is -2.10. The maximum atomic E-state index is 12.3. The van der Waals surface area contributed by atoms with Gasteiger partial charge in [0.05, 0.1) is 11.3 Å². The minimum absolute atomic E-state index is 0.393. The van der Waals surface area contributed by atoms with E-state index in [0.717, 1.165) is 15.7 Å². The molecular weight excluding hydrogens is 342 g/mol. The number of ether oxygens (including phenoxy) is 1. The Labute approximate surface area is 136 Å². The zero-order chi connectivity index (χ0) is 15.4. The summed E-state index contributed by atoms with van der Waals surface area (Å²) in [5.74, 6) is 0.0813. The lowest BCUT2D eigenvalue weighted by atomic mass is 10.1. The molecule has 0 aliphatic carbocycles. The second-order valence-electron chi connectivity index (χ2n) is 4.61. The van der Waals surface area contributed by atoms with Crippen LogP contribution in [0, 0.1) is 0 Å². The molecule has 0 aliphatic heterocycles. The standard InChI is InChI=1S/C18H12BrNO2/c19-14-9-10-15(16-8-4-5-11-20-16)17(12-14)22-18(21)13-6-2-1-3-7-13/h1-12H. The fourth-order valence-electron chi connectivity index (χ4n) is 2.05. The van der Waals surface area contributed by atoms with Crippen molar-refractivity contribution in [1.29, 1.82) is 0 Å². The van der Waals surface area contributed by atoms with Crippen LogP contribution in [0.3, 0.4) is 0 Å². The lowest BCUT2D eigenvalue weighted by Crippen LogP contribution is -2.09. The smallest absolute Gasteiger partial charge is 0.343 e. The Morgan fingerprint density at radius 1 is 0.955 bits per heavy atom. The minimum atomic E-state index is -0.393. The number of esters is 1. The highest BCUT2D eigenvalue weighted by Crippen LogP contribution is 2.32. The van der Waals surface area contributed by atoms with Crippen LogP contribution >= 0.6 is 15.9 Å². The third-order valence-electron chi connectivity index (χ3n) is 3.10. The molecule has 0 spiro atoms. The summed E-state index contributed by atoms with van der Waals surface area (Å²) in [6, 6.07) is 20.1. The van der Waals surface area contributed by atoms with Crippen molar-refractivity contribution in [2.24, 2.45) is 0 Å². The van der Waals surface area contributed by atoms with Gasteiger partial charge in [0.15, 0.2) is 0 Å². The van der Waals surface area contributed by atoms with Crippen LogP contribution in [0.1, 0.15) is 10.4 Å². The predicted molar refractivity (Wildman–Crippen MR) is 88.8 cm³/mol. The van der Waals surface area contributed by atoms with Crippen molar-refractivity contribution in [2.45, 2.75) is 0 Å². The van der Waals surface area contributed by atoms with Gasteiger partial charge in [-0.3, -0.25) is 4.98 Å². The Morgan fingerprint density at radius 3 is 2.45 bits per heavy atom. The van der Waals surface area contributed by atoms with E-state index in [9.17, 15) is 4.79 Å². The summed E-state index contributed by atoms with van der Waals surface area (Å²) in [6.07, 6.45) is 1.71. The summed E-state index contributed by atoms with van der Waals surface area (Å²) in [7, 11) is 0. The zero-order valence-corrected chi connectivity index (χ0v) is 13.2. The van der Waals surface area contributed by atoms with Crippen LogP contribution in [0.15, 0.2) is 77.4 Å². The molecule has 1 heterocycles. The third-order valence-corrected chi connectivity index (χ3v) is 3.59. The summed E-state index contributed by atoms with van der Waals surface area (Å²) in [5, 5.41) is 0. The van der Waals surface area contributed by atoms with Gasteiger partial charge in [0.2, 0.25) is 0 Å². The average Bonchev–Trinajstić information content (AvgIpc) is 2.56. The molecule has 0 atom stereocenters. The number of carbonyl (C=O) groups is 1. The Kier molecular flexibility index (Phi) is 4.30. The SMILES string of the molecule is O=C(Oc1cc(Br)ccc1-c1ccccn1)c1ccccc1. The first kappa shape index (κ1) is 14.5. The first-order chi connectivity index (χ1) is 10.7. The van der Waals surface area contributed by atoms with E-state index in [0.29, 0.717) is 11.3 Å². The lowest BCUT2D eigenvalue weighted by molar-refractivity contribution is 0.0735. The first-order valence-corrected chi connectivity index (χ1v) is 7.51. The van der Waals surface area contributed by atoms with Gasteiger partial charge in [-0.2, -0.15) is 0 Å². The molecule has 1 aromatic heterocycles. The van der Waals surface area contributed by atoms with Crippen LogP contribution in [0.25, 0.3) is 11.3 Å². The highest BCUT2D eigenvalue weighted by molar-refractivity contribution is 9.10. The van der Waals surface area contributed by atoms with Crippen molar-refractivity contribution in [1.82, 2.24) is 4.98 Å². The maximum absolute atomic E-state index is 12.3. The van der Waals surface area contributed by atoms with Gasteiger partial charge in [0.1, 0.15) is 5.75 Å². The summed E-state index contributed by atoms with van der Waals surface area (Å²) >= 11 is 3.40. The Bertz CT molecular complexity index is 789. The molecule has 3 nitrogen and oxygen atoms in total. The van der Waals surface area contributed by atoms with Gasteiger partial charge in [0.25, 0.3) is 0 Å². The number of pyridine rings is 1. The highest BCUT2D eigenvalue weighted by atomic mass is 79.9. The number of halogens is 1. The molecule has 0 aliphatic rings. The number of nitrogens with zero attached hydrogens (tertiary/aromatic N) is 1. The molecule has 0 saturated carbocycles. The van der Waals surface area contributed by atoms with Crippen molar-refractivity contribution in [3.8, 4) is 17.0 Å². The molecule has 108 valence electrons. The number of aromatic nitrogens is 1. The molecule has 0 bridgehead atoms. The zero-order valence-electron chi connectivity index (χ0n) is 11.6. The second-order valence-corrected chi connectivity index (χ2v) is 5.53. The molecule has 0 fully saturated rings. The molecule has 3 aromatic rings. The monoisotopic (exact) mass is 353 g/mol.